The second-order valence-corrected chi connectivity index (χ2v) is 6.38. The third-order valence-electron chi connectivity index (χ3n) is 4.83. The number of aryl methyl sites for hydroxylation is 1. The van der Waals surface area contributed by atoms with Gasteiger partial charge in [0.05, 0.1) is 0 Å². The normalized spacial score (nSPS) is 16.1. The molecule has 0 saturated heterocycles. The van der Waals surface area contributed by atoms with E-state index in [1.165, 1.54) is 24.8 Å². The minimum atomic E-state index is 0.224. The van der Waals surface area contributed by atoms with Gasteiger partial charge in [0.15, 0.2) is 0 Å². The smallest absolute Gasteiger partial charge is 0.225 e. The molecule has 1 saturated carbocycles. The Balaban J connectivity index is 1.81. The molecule has 0 atom stereocenters. The number of carbonyl (C=O) groups excluding carboxylic acids is 1. The maximum absolute atomic E-state index is 12.7. The van der Waals surface area contributed by atoms with Crippen LogP contribution in [0.1, 0.15) is 50.4 Å². The van der Waals surface area contributed by atoms with Crippen LogP contribution in [-0.2, 0) is 17.8 Å². The van der Waals surface area contributed by atoms with Crippen LogP contribution in [0.3, 0.4) is 0 Å². The Bertz CT molecular complexity index is 652. The highest BCUT2D eigenvalue weighted by molar-refractivity contribution is 5.83. The van der Waals surface area contributed by atoms with Gasteiger partial charge in [0.25, 0.3) is 0 Å². The lowest BCUT2D eigenvalue weighted by atomic mass is 9.88. The monoisotopic (exact) mass is 299 g/mol. The molecule has 1 aliphatic rings. The second-order valence-electron chi connectivity index (χ2n) is 6.38. The van der Waals surface area contributed by atoms with E-state index in [0.717, 1.165) is 36.0 Å². The number of amides is 1. The number of benzene rings is 1. The molecular weight excluding hydrogens is 274 g/mol. The van der Waals surface area contributed by atoms with Crippen LogP contribution < -0.4 is 0 Å². The number of hydrogen-bond donors (Lipinski definition) is 0. The van der Waals surface area contributed by atoms with Gasteiger partial charge in [-0.3, -0.25) is 4.79 Å². The predicted molar refractivity (Wildman–Crippen MR) is 88.6 cm³/mol. The van der Waals surface area contributed by atoms with Gasteiger partial charge in [-0.05, 0) is 18.9 Å². The minimum Gasteiger partial charge on any atom is -0.461 e. The molecule has 1 heterocycles. The molecule has 0 aliphatic heterocycles. The number of nitrogens with zero attached hydrogens (tertiary/aromatic N) is 1. The van der Waals surface area contributed by atoms with Crippen molar-refractivity contribution in [2.24, 2.45) is 5.92 Å². The molecule has 0 unspecified atom stereocenters. The summed E-state index contributed by atoms with van der Waals surface area (Å²) in [4.78, 5) is 14.6. The third kappa shape index (κ3) is 2.90. The molecule has 0 radical (unpaired) electrons. The van der Waals surface area contributed by atoms with Crippen LogP contribution in [-0.4, -0.2) is 17.9 Å². The summed E-state index contributed by atoms with van der Waals surface area (Å²) in [5, 5.41) is 1.14. The van der Waals surface area contributed by atoms with Crippen molar-refractivity contribution in [2.75, 3.05) is 7.05 Å². The van der Waals surface area contributed by atoms with Gasteiger partial charge in [-0.2, -0.15) is 0 Å². The van der Waals surface area contributed by atoms with Gasteiger partial charge < -0.3 is 9.32 Å². The molecule has 1 fully saturated rings. The average Bonchev–Trinajstić information content (AvgIpc) is 2.93. The minimum absolute atomic E-state index is 0.224. The SMILES string of the molecule is CCc1oc2ccccc2c1CN(C)C(=O)C1CCCCC1. The van der Waals surface area contributed by atoms with Crippen molar-refractivity contribution in [3.05, 3.63) is 35.6 Å². The molecule has 1 aromatic heterocycles. The first-order valence-electron chi connectivity index (χ1n) is 8.45. The molecule has 1 aromatic carbocycles. The van der Waals surface area contributed by atoms with Crippen LogP contribution in [0.15, 0.2) is 28.7 Å². The molecule has 1 amide bonds. The Morgan fingerprint density at radius 1 is 1.23 bits per heavy atom. The standard InChI is InChI=1S/C19H25NO2/c1-3-17-16(15-11-7-8-12-18(15)22-17)13-20(2)19(21)14-9-5-4-6-10-14/h7-8,11-12,14H,3-6,9-10,13H2,1-2H3. The molecule has 0 N–H and O–H groups in total. The van der Waals surface area contributed by atoms with Crippen LogP contribution in [0.5, 0.6) is 0 Å². The molecule has 3 heteroatoms. The number of carbonyl (C=O) groups is 1. The van der Waals surface area contributed by atoms with E-state index in [1.807, 2.05) is 30.1 Å². The van der Waals surface area contributed by atoms with E-state index >= 15 is 0 Å². The van der Waals surface area contributed by atoms with Gasteiger partial charge in [-0.15, -0.1) is 0 Å². The lowest BCUT2D eigenvalue weighted by Gasteiger charge is -2.26. The zero-order chi connectivity index (χ0) is 15.5. The summed E-state index contributed by atoms with van der Waals surface area (Å²) in [6, 6.07) is 8.11. The van der Waals surface area contributed by atoms with Gasteiger partial charge in [0.1, 0.15) is 11.3 Å². The number of fused-ring (bicyclic) bond motifs is 1. The number of furan rings is 1. The fraction of sp³-hybridized carbons (Fsp3) is 0.526. The Morgan fingerprint density at radius 2 is 1.95 bits per heavy atom. The molecule has 0 spiro atoms. The van der Waals surface area contributed by atoms with E-state index in [4.69, 9.17) is 4.42 Å². The first-order chi connectivity index (χ1) is 10.7. The van der Waals surface area contributed by atoms with Crippen LogP contribution in [0.25, 0.3) is 11.0 Å². The summed E-state index contributed by atoms with van der Waals surface area (Å²) in [6.45, 7) is 2.75. The number of para-hydroxylation sites is 1. The highest BCUT2D eigenvalue weighted by atomic mass is 16.3. The summed E-state index contributed by atoms with van der Waals surface area (Å²) in [6.07, 6.45) is 6.62. The molecule has 118 valence electrons. The zero-order valence-electron chi connectivity index (χ0n) is 13.6. The third-order valence-corrected chi connectivity index (χ3v) is 4.83. The summed E-state index contributed by atoms with van der Waals surface area (Å²) >= 11 is 0. The number of hydrogen-bond acceptors (Lipinski definition) is 2. The second kappa shape index (κ2) is 6.55. The van der Waals surface area contributed by atoms with Crippen molar-refractivity contribution in [3.8, 4) is 0 Å². The van der Waals surface area contributed by atoms with Crippen molar-refractivity contribution in [3.63, 3.8) is 0 Å². The van der Waals surface area contributed by atoms with Crippen molar-refractivity contribution in [2.45, 2.75) is 52.0 Å². The van der Waals surface area contributed by atoms with Crippen LogP contribution in [0.2, 0.25) is 0 Å². The Morgan fingerprint density at radius 3 is 2.68 bits per heavy atom. The van der Waals surface area contributed by atoms with Gasteiger partial charge in [0, 0.05) is 36.9 Å². The summed E-state index contributed by atoms with van der Waals surface area (Å²) in [5.74, 6) is 1.53. The quantitative estimate of drug-likeness (QED) is 0.831. The first kappa shape index (κ1) is 15.1. The highest BCUT2D eigenvalue weighted by Crippen LogP contribution is 2.29. The van der Waals surface area contributed by atoms with E-state index in [1.54, 1.807) is 0 Å². The van der Waals surface area contributed by atoms with E-state index in [0.29, 0.717) is 12.5 Å². The fourth-order valence-corrected chi connectivity index (χ4v) is 3.58. The lowest BCUT2D eigenvalue weighted by molar-refractivity contribution is -0.135. The van der Waals surface area contributed by atoms with Crippen molar-refractivity contribution >= 4 is 16.9 Å². The Hall–Kier alpha value is -1.77. The zero-order valence-corrected chi connectivity index (χ0v) is 13.6. The van der Waals surface area contributed by atoms with E-state index in [-0.39, 0.29) is 5.92 Å². The predicted octanol–water partition coefficient (Wildman–Crippen LogP) is 4.53. The summed E-state index contributed by atoms with van der Waals surface area (Å²) in [5.41, 5.74) is 2.10. The van der Waals surface area contributed by atoms with Gasteiger partial charge in [-0.1, -0.05) is 44.4 Å². The summed E-state index contributed by atoms with van der Waals surface area (Å²) in [7, 11) is 1.93. The van der Waals surface area contributed by atoms with Gasteiger partial charge >= 0.3 is 0 Å². The molecule has 1 aliphatic carbocycles. The van der Waals surface area contributed by atoms with Crippen LogP contribution in [0, 0.1) is 5.92 Å². The maximum atomic E-state index is 12.7. The van der Waals surface area contributed by atoms with Crippen molar-refractivity contribution < 1.29 is 9.21 Å². The lowest BCUT2D eigenvalue weighted by Crippen LogP contribution is -2.33. The van der Waals surface area contributed by atoms with Gasteiger partial charge in [0.2, 0.25) is 5.91 Å². The van der Waals surface area contributed by atoms with E-state index in [2.05, 4.69) is 13.0 Å². The largest absolute Gasteiger partial charge is 0.461 e. The maximum Gasteiger partial charge on any atom is 0.225 e. The highest BCUT2D eigenvalue weighted by Gasteiger charge is 2.25. The molecular formula is C19H25NO2. The topological polar surface area (TPSA) is 33.5 Å². The fourth-order valence-electron chi connectivity index (χ4n) is 3.58. The van der Waals surface area contributed by atoms with E-state index in [9.17, 15) is 4.79 Å². The summed E-state index contributed by atoms with van der Waals surface area (Å²) < 4.78 is 5.94. The van der Waals surface area contributed by atoms with Crippen molar-refractivity contribution in [1.82, 2.24) is 4.90 Å². The molecule has 3 nitrogen and oxygen atoms in total. The first-order valence-corrected chi connectivity index (χ1v) is 8.45. The van der Waals surface area contributed by atoms with Crippen LogP contribution in [0.4, 0.5) is 0 Å². The molecule has 2 aromatic rings. The molecule has 22 heavy (non-hydrogen) atoms. The van der Waals surface area contributed by atoms with Gasteiger partial charge in [-0.25, -0.2) is 0 Å². The average molecular weight is 299 g/mol. The number of rotatable bonds is 4. The van der Waals surface area contributed by atoms with Crippen LogP contribution >= 0.6 is 0 Å². The Kier molecular flexibility index (Phi) is 4.51. The molecule has 0 bridgehead atoms. The van der Waals surface area contributed by atoms with Crippen molar-refractivity contribution in [1.29, 1.82) is 0 Å². The van der Waals surface area contributed by atoms with E-state index < -0.39 is 0 Å². The molecule has 3 rings (SSSR count). The Labute approximate surface area is 132 Å².